The Kier molecular flexibility index (Phi) is 4.72. The molecule has 0 saturated carbocycles. The van der Waals surface area contributed by atoms with Gasteiger partial charge in [0.25, 0.3) is 0 Å². The molecule has 2 rings (SSSR count). The number of anilines is 1. The molecule has 4 heteroatoms. The summed E-state index contributed by atoms with van der Waals surface area (Å²) in [5.41, 5.74) is 1.91. The Hall–Kier alpha value is -2.62. The molecule has 0 aromatic heterocycles. The lowest BCUT2D eigenvalue weighted by Gasteiger charge is -2.14. The first kappa shape index (κ1) is 14.8. The fraction of sp³-hybridized carbons (Fsp3) is 0.176. The number of amides is 1. The van der Waals surface area contributed by atoms with Gasteiger partial charge in [0, 0.05) is 12.6 Å². The van der Waals surface area contributed by atoms with E-state index < -0.39 is 5.97 Å². The second kappa shape index (κ2) is 6.70. The Balaban J connectivity index is 2.08. The van der Waals surface area contributed by atoms with Gasteiger partial charge in [0.05, 0.1) is 5.56 Å². The Labute approximate surface area is 123 Å². The van der Waals surface area contributed by atoms with E-state index >= 15 is 0 Å². The predicted molar refractivity (Wildman–Crippen MR) is 81.0 cm³/mol. The van der Waals surface area contributed by atoms with Crippen LogP contribution in [0.4, 0.5) is 5.69 Å². The highest BCUT2D eigenvalue weighted by molar-refractivity contribution is 5.93. The summed E-state index contributed by atoms with van der Waals surface area (Å²) in [4.78, 5) is 23.2. The topological polar surface area (TPSA) is 55.4 Å². The maximum absolute atomic E-state index is 12.1. The van der Waals surface area contributed by atoms with Crippen LogP contribution in [0, 0.1) is 0 Å². The van der Waals surface area contributed by atoms with Crippen molar-refractivity contribution in [3.8, 4) is 0 Å². The van der Waals surface area contributed by atoms with Crippen LogP contribution in [0.15, 0.2) is 54.6 Å². The van der Waals surface area contributed by atoms with E-state index in [9.17, 15) is 9.59 Å². The van der Waals surface area contributed by atoms with Crippen molar-refractivity contribution in [3.05, 3.63) is 65.7 Å². The van der Waals surface area contributed by atoms with Crippen LogP contribution in [0.3, 0.4) is 0 Å². The third kappa shape index (κ3) is 4.18. The smallest absolute Gasteiger partial charge is 0.338 e. The lowest BCUT2D eigenvalue weighted by atomic mass is 10.1. The zero-order valence-corrected chi connectivity index (χ0v) is 12.0. The molecule has 0 aliphatic heterocycles. The number of nitrogens with one attached hydrogen (secondary N) is 1. The van der Waals surface area contributed by atoms with E-state index in [1.54, 1.807) is 24.3 Å². The quantitative estimate of drug-likeness (QED) is 0.873. The van der Waals surface area contributed by atoms with Crippen LogP contribution in [-0.4, -0.2) is 11.9 Å². The van der Waals surface area contributed by atoms with E-state index in [4.69, 9.17) is 4.74 Å². The van der Waals surface area contributed by atoms with Gasteiger partial charge in [-0.3, -0.25) is 4.79 Å². The summed E-state index contributed by atoms with van der Waals surface area (Å²) in [6, 6.07) is 16.2. The third-order valence-electron chi connectivity index (χ3n) is 2.97. The number of ether oxygens (including phenoxy) is 1. The molecule has 21 heavy (non-hydrogen) atoms. The molecule has 0 saturated heterocycles. The SMILES string of the molecule is CC(=O)Nc1cccc(C(=O)O[C@@H](C)c2ccccc2)c1. The van der Waals surface area contributed by atoms with Gasteiger partial charge in [0.15, 0.2) is 0 Å². The molecule has 108 valence electrons. The van der Waals surface area contributed by atoms with Crippen molar-refractivity contribution in [1.29, 1.82) is 0 Å². The minimum Gasteiger partial charge on any atom is -0.454 e. The van der Waals surface area contributed by atoms with E-state index in [0.717, 1.165) is 5.56 Å². The molecule has 0 fully saturated rings. The van der Waals surface area contributed by atoms with Crippen LogP contribution in [0.2, 0.25) is 0 Å². The molecule has 2 aromatic rings. The molecule has 4 nitrogen and oxygen atoms in total. The van der Waals surface area contributed by atoms with Gasteiger partial charge in [0.1, 0.15) is 6.10 Å². The van der Waals surface area contributed by atoms with Gasteiger partial charge >= 0.3 is 5.97 Å². The summed E-state index contributed by atoms with van der Waals surface area (Å²) >= 11 is 0. The molecule has 1 N–H and O–H groups in total. The number of esters is 1. The second-order valence-corrected chi connectivity index (χ2v) is 4.72. The second-order valence-electron chi connectivity index (χ2n) is 4.72. The largest absolute Gasteiger partial charge is 0.454 e. The summed E-state index contributed by atoms with van der Waals surface area (Å²) in [5, 5.41) is 2.64. The Morgan fingerprint density at radius 2 is 1.76 bits per heavy atom. The normalized spacial score (nSPS) is 11.5. The van der Waals surface area contributed by atoms with E-state index in [0.29, 0.717) is 11.3 Å². The van der Waals surface area contributed by atoms with Crippen molar-refractivity contribution in [3.63, 3.8) is 0 Å². The summed E-state index contributed by atoms with van der Waals surface area (Å²) < 4.78 is 5.43. The number of carbonyl (C=O) groups is 2. The lowest BCUT2D eigenvalue weighted by molar-refractivity contribution is -0.114. The molecule has 0 heterocycles. The highest BCUT2D eigenvalue weighted by atomic mass is 16.5. The molecule has 0 aliphatic carbocycles. The minimum atomic E-state index is -0.418. The maximum Gasteiger partial charge on any atom is 0.338 e. The summed E-state index contributed by atoms with van der Waals surface area (Å²) in [5.74, 6) is -0.600. The van der Waals surface area contributed by atoms with E-state index in [1.807, 2.05) is 37.3 Å². The number of rotatable bonds is 4. The van der Waals surface area contributed by atoms with E-state index in [2.05, 4.69) is 5.32 Å². The van der Waals surface area contributed by atoms with Crippen molar-refractivity contribution in [1.82, 2.24) is 0 Å². The Morgan fingerprint density at radius 3 is 2.43 bits per heavy atom. The van der Waals surface area contributed by atoms with Gasteiger partial charge in [-0.25, -0.2) is 4.79 Å². The van der Waals surface area contributed by atoms with Crippen LogP contribution in [-0.2, 0) is 9.53 Å². The third-order valence-corrected chi connectivity index (χ3v) is 2.97. The van der Waals surface area contributed by atoms with E-state index in [-0.39, 0.29) is 12.0 Å². The van der Waals surface area contributed by atoms with Crippen molar-refractivity contribution >= 4 is 17.6 Å². The summed E-state index contributed by atoms with van der Waals surface area (Å²) in [6.45, 7) is 3.24. The van der Waals surface area contributed by atoms with Crippen LogP contribution < -0.4 is 5.32 Å². The van der Waals surface area contributed by atoms with Crippen molar-refractivity contribution in [2.24, 2.45) is 0 Å². The molecular formula is C17H17NO3. The van der Waals surface area contributed by atoms with Crippen LogP contribution in [0.5, 0.6) is 0 Å². The maximum atomic E-state index is 12.1. The fourth-order valence-electron chi connectivity index (χ4n) is 1.95. The van der Waals surface area contributed by atoms with Crippen molar-refractivity contribution < 1.29 is 14.3 Å². The van der Waals surface area contributed by atoms with Crippen LogP contribution >= 0.6 is 0 Å². The van der Waals surface area contributed by atoms with Gasteiger partial charge in [-0.1, -0.05) is 36.4 Å². The zero-order chi connectivity index (χ0) is 15.2. The summed E-state index contributed by atoms with van der Waals surface area (Å²) in [6.07, 6.45) is -0.330. The number of hydrogen-bond donors (Lipinski definition) is 1. The first-order chi connectivity index (χ1) is 10.1. The summed E-state index contributed by atoms with van der Waals surface area (Å²) in [7, 11) is 0. The zero-order valence-electron chi connectivity index (χ0n) is 12.0. The average Bonchev–Trinajstić information content (AvgIpc) is 2.47. The predicted octanol–water partition coefficient (Wildman–Crippen LogP) is 3.56. The molecular weight excluding hydrogens is 266 g/mol. The van der Waals surface area contributed by atoms with Gasteiger partial charge in [-0.15, -0.1) is 0 Å². The average molecular weight is 283 g/mol. The van der Waals surface area contributed by atoms with Gasteiger partial charge in [-0.2, -0.15) is 0 Å². The van der Waals surface area contributed by atoms with Crippen molar-refractivity contribution in [2.45, 2.75) is 20.0 Å². The molecule has 0 aliphatic rings. The Morgan fingerprint density at radius 1 is 1.05 bits per heavy atom. The highest BCUT2D eigenvalue weighted by Crippen LogP contribution is 2.19. The van der Waals surface area contributed by atoms with Crippen LogP contribution in [0.1, 0.15) is 35.9 Å². The molecule has 2 aromatic carbocycles. The first-order valence-corrected chi connectivity index (χ1v) is 6.70. The van der Waals surface area contributed by atoms with Gasteiger partial charge in [0.2, 0.25) is 5.91 Å². The molecule has 0 bridgehead atoms. The molecule has 1 atom stereocenters. The van der Waals surface area contributed by atoms with E-state index in [1.165, 1.54) is 6.92 Å². The van der Waals surface area contributed by atoms with Gasteiger partial charge < -0.3 is 10.1 Å². The number of benzene rings is 2. The van der Waals surface area contributed by atoms with Crippen molar-refractivity contribution in [2.75, 3.05) is 5.32 Å². The fourth-order valence-corrected chi connectivity index (χ4v) is 1.95. The molecule has 0 spiro atoms. The number of carbonyl (C=O) groups excluding carboxylic acids is 2. The van der Waals surface area contributed by atoms with Crippen LogP contribution in [0.25, 0.3) is 0 Å². The number of hydrogen-bond acceptors (Lipinski definition) is 3. The Bertz CT molecular complexity index is 637. The molecule has 1 amide bonds. The molecule has 0 radical (unpaired) electrons. The monoisotopic (exact) mass is 283 g/mol. The first-order valence-electron chi connectivity index (χ1n) is 6.70. The highest BCUT2D eigenvalue weighted by Gasteiger charge is 2.13. The lowest BCUT2D eigenvalue weighted by Crippen LogP contribution is -2.11. The standard InChI is InChI=1S/C17H17NO3/c1-12(14-7-4-3-5-8-14)21-17(20)15-9-6-10-16(11-15)18-13(2)19/h3-12H,1-2H3,(H,18,19)/t12-/m0/s1. The van der Waals surface area contributed by atoms with Gasteiger partial charge in [-0.05, 0) is 30.7 Å². The minimum absolute atomic E-state index is 0.182. The molecule has 0 unspecified atom stereocenters.